The highest BCUT2D eigenvalue weighted by Crippen LogP contribution is 2.11. The summed E-state index contributed by atoms with van der Waals surface area (Å²) in [4.78, 5) is 16.9. The third kappa shape index (κ3) is 2.64. The minimum atomic E-state index is -0.0131. The highest BCUT2D eigenvalue weighted by atomic mass is 32.1. The van der Waals surface area contributed by atoms with Crippen molar-refractivity contribution in [1.82, 2.24) is 4.98 Å². The molecule has 80 valence electrons. The normalized spacial score (nSPS) is 10.8. The van der Waals surface area contributed by atoms with Gasteiger partial charge in [0.25, 0.3) is 0 Å². The Hall–Kier alpha value is -1.74. The first kappa shape index (κ1) is 10.8. The Kier molecular flexibility index (Phi) is 3.27. The first-order valence-corrected chi connectivity index (χ1v) is 5.82. The largest absolute Gasteiger partial charge is 0.289 e. The van der Waals surface area contributed by atoms with Crippen LogP contribution in [0.25, 0.3) is 6.08 Å². The van der Waals surface area contributed by atoms with Crippen LogP contribution in [0, 0.1) is 6.92 Å². The molecule has 0 atom stereocenters. The lowest BCUT2D eigenvalue weighted by atomic mass is 10.1. The van der Waals surface area contributed by atoms with Crippen molar-refractivity contribution < 1.29 is 4.79 Å². The molecule has 0 fully saturated rings. The van der Waals surface area contributed by atoms with E-state index < -0.39 is 0 Å². The van der Waals surface area contributed by atoms with E-state index in [1.165, 1.54) is 0 Å². The van der Waals surface area contributed by atoms with Crippen molar-refractivity contribution in [3.8, 4) is 0 Å². The maximum Gasteiger partial charge on any atom is 0.187 e. The molecule has 0 saturated carbocycles. The fourth-order valence-electron chi connectivity index (χ4n) is 1.25. The van der Waals surface area contributed by atoms with Crippen molar-refractivity contribution in [2.24, 2.45) is 0 Å². The van der Waals surface area contributed by atoms with Gasteiger partial charge in [0, 0.05) is 22.3 Å². The van der Waals surface area contributed by atoms with Crippen LogP contribution in [0.15, 0.2) is 41.9 Å². The molecule has 2 aromatic rings. The summed E-state index contributed by atoms with van der Waals surface area (Å²) in [6.45, 7) is 1.90. The van der Waals surface area contributed by atoms with Crippen LogP contribution in [-0.2, 0) is 0 Å². The number of aryl methyl sites for hydroxylation is 1. The van der Waals surface area contributed by atoms with Gasteiger partial charge in [-0.2, -0.15) is 0 Å². The van der Waals surface area contributed by atoms with Crippen molar-refractivity contribution in [3.05, 3.63) is 58.1 Å². The van der Waals surface area contributed by atoms with Crippen LogP contribution in [-0.4, -0.2) is 10.8 Å². The topological polar surface area (TPSA) is 30.0 Å². The minimum absolute atomic E-state index is 0.0131. The molecule has 0 amide bonds. The van der Waals surface area contributed by atoms with Gasteiger partial charge in [-0.3, -0.25) is 9.78 Å². The molecule has 0 aliphatic heterocycles. The molecule has 0 aromatic carbocycles. The standard InChI is InChI=1S/C13H11NOS/c1-10-4-5-11(9-14-10)13(15)7-6-12-3-2-8-16-12/h2-9H,1H3/b7-6+. The van der Waals surface area contributed by atoms with Crippen molar-refractivity contribution >= 4 is 23.2 Å². The average Bonchev–Trinajstić information content (AvgIpc) is 2.80. The Morgan fingerprint density at radius 2 is 2.25 bits per heavy atom. The number of aromatic nitrogens is 1. The molecule has 0 unspecified atom stereocenters. The molecule has 0 saturated heterocycles. The number of hydrogen-bond donors (Lipinski definition) is 0. The summed E-state index contributed by atoms with van der Waals surface area (Å²) in [5.41, 5.74) is 1.54. The van der Waals surface area contributed by atoms with Gasteiger partial charge >= 0.3 is 0 Å². The molecule has 2 heterocycles. The van der Waals surface area contributed by atoms with Gasteiger partial charge in [-0.1, -0.05) is 6.07 Å². The highest BCUT2D eigenvalue weighted by molar-refractivity contribution is 7.10. The summed E-state index contributed by atoms with van der Waals surface area (Å²) in [5.74, 6) is -0.0131. The van der Waals surface area contributed by atoms with Crippen LogP contribution in [0.5, 0.6) is 0 Å². The zero-order valence-electron chi connectivity index (χ0n) is 8.88. The van der Waals surface area contributed by atoms with Gasteiger partial charge in [-0.25, -0.2) is 0 Å². The van der Waals surface area contributed by atoms with Crippen LogP contribution in [0.2, 0.25) is 0 Å². The minimum Gasteiger partial charge on any atom is -0.289 e. The van der Waals surface area contributed by atoms with Gasteiger partial charge in [0.1, 0.15) is 0 Å². The van der Waals surface area contributed by atoms with Gasteiger partial charge in [0.2, 0.25) is 0 Å². The fourth-order valence-corrected chi connectivity index (χ4v) is 1.87. The predicted molar refractivity (Wildman–Crippen MR) is 66.7 cm³/mol. The smallest absolute Gasteiger partial charge is 0.187 e. The second-order valence-electron chi connectivity index (χ2n) is 3.40. The number of pyridine rings is 1. The molecule has 16 heavy (non-hydrogen) atoms. The number of nitrogens with zero attached hydrogens (tertiary/aromatic N) is 1. The summed E-state index contributed by atoms with van der Waals surface area (Å²) >= 11 is 1.61. The van der Waals surface area contributed by atoms with Crippen LogP contribution in [0.4, 0.5) is 0 Å². The zero-order chi connectivity index (χ0) is 11.4. The first-order chi connectivity index (χ1) is 7.75. The van der Waals surface area contributed by atoms with E-state index in [9.17, 15) is 4.79 Å². The Labute approximate surface area is 98.3 Å². The fraction of sp³-hybridized carbons (Fsp3) is 0.0769. The molecule has 0 spiro atoms. The lowest BCUT2D eigenvalue weighted by Crippen LogP contribution is -1.95. The number of thiophene rings is 1. The summed E-state index contributed by atoms with van der Waals surface area (Å²) < 4.78 is 0. The van der Waals surface area contributed by atoms with Crippen molar-refractivity contribution in [3.63, 3.8) is 0 Å². The lowest BCUT2D eigenvalue weighted by molar-refractivity contribution is 0.104. The van der Waals surface area contributed by atoms with Gasteiger partial charge < -0.3 is 0 Å². The highest BCUT2D eigenvalue weighted by Gasteiger charge is 2.01. The summed E-state index contributed by atoms with van der Waals surface area (Å²) in [7, 11) is 0. The summed E-state index contributed by atoms with van der Waals surface area (Å²) in [6.07, 6.45) is 5.02. The molecular formula is C13H11NOS. The van der Waals surface area contributed by atoms with Gasteiger partial charge in [0.05, 0.1) is 0 Å². The molecular weight excluding hydrogens is 218 g/mol. The number of hydrogen-bond acceptors (Lipinski definition) is 3. The van der Waals surface area contributed by atoms with E-state index in [-0.39, 0.29) is 5.78 Å². The van der Waals surface area contributed by atoms with Crippen molar-refractivity contribution in [2.45, 2.75) is 6.92 Å². The SMILES string of the molecule is Cc1ccc(C(=O)/C=C/c2cccs2)cn1. The molecule has 2 rings (SSSR count). The molecule has 2 nitrogen and oxygen atoms in total. The Balaban J connectivity index is 2.11. The maximum atomic E-state index is 11.7. The molecule has 0 bridgehead atoms. The third-order valence-corrected chi connectivity index (χ3v) is 2.98. The zero-order valence-corrected chi connectivity index (χ0v) is 9.70. The quantitative estimate of drug-likeness (QED) is 0.596. The Bertz CT molecular complexity index is 497. The number of carbonyl (C=O) groups excluding carboxylic acids is 1. The predicted octanol–water partition coefficient (Wildman–Crippen LogP) is 3.35. The number of ketones is 1. The van der Waals surface area contributed by atoms with E-state index in [0.717, 1.165) is 10.6 Å². The summed E-state index contributed by atoms with van der Waals surface area (Å²) in [6, 6.07) is 7.57. The van der Waals surface area contributed by atoms with E-state index in [2.05, 4.69) is 4.98 Å². The molecule has 0 aliphatic carbocycles. The van der Waals surface area contributed by atoms with Gasteiger partial charge in [0.15, 0.2) is 5.78 Å². The Morgan fingerprint density at radius 3 is 2.88 bits per heavy atom. The van der Waals surface area contributed by atoms with Gasteiger partial charge in [-0.05, 0) is 42.7 Å². The van der Waals surface area contributed by atoms with E-state index in [0.29, 0.717) is 5.56 Å². The number of carbonyl (C=O) groups is 1. The lowest BCUT2D eigenvalue weighted by Gasteiger charge is -1.95. The first-order valence-electron chi connectivity index (χ1n) is 4.94. The van der Waals surface area contributed by atoms with Crippen LogP contribution >= 0.6 is 11.3 Å². The molecule has 0 radical (unpaired) electrons. The second kappa shape index (κ2) is 4.86. The molecule has 2 aromatic heterocycles. The van der Waals surface area contributed by atoms with Gasteiger partial charge in [-0.15, -0.1) is 11.3 Å². The second-order valence-corrected chi connectivity index (χ2v) is 4.38. The van der Waals surface area contributed by atoms with Crippen molar-refractivity contribution in [1.29, 1.82) is 0 Å². The van der Waals surface area contributed by atoms with E-state index in [1.807, 2.05) is 36.6 Å². The monoisotopic (exact) mass is 229 g/mol. The van der Waals surface area contributed by atoms with Crippen molar-refractivity contribution in [2.75, 3.05) is 0 Å². The molecule has 0 aliphatic rings. The summed E-state index contributed by atoms with van der Waals surface area (Å²) in [5, 5.41) is 1.98. The molecule has 0 N–H and O–H groups in total. The number of allylic oxidation sites excluding steroid dienone is 1. The van der Waals surface area contributed by atoms with Crippen LogP contribution < -0.4 is 0 Å². The Morgan fingerprint density at radius 1 is 1.38 bits per heavy atom. The third-order valence-electron chi connectivity index (χ3n) is 2.14. The van der Waals surface area contributed by atoms with E-state index in [1.54, 1.807) is 29.7 Å². The van der Waals surface area contributed by atoms with E-state index >= 15 is 0 Å². The van der Waals surface area contributed by atoms with Crippen LogP contribution in [0.1, 0.15) is 20.9 Å². The van der Waals surface area contributed by atoms with Crippen LogP contribution in [0.3, 0.4) is 0 Å². The number of rotatable bonds is 3. The van der Waals surface area contributed by atoms with E-state index in [4.69, 9.17) is 0 Å². The molecule has 3 heteroatoms. The maximum absolute atomic E-state index is 11.7. The average molecular weight is 229 g/mol.